The summed E-state index contributed by atoms with van der Waals surface area (Å²) in [6.07, 6.45) is 0. The Bertz CT molecular complexity index is 6.00. The number of hydrogen-bond acceptors (Lipinski definition) is 0. The van der Waals surface area contributed by atoms with E-state index in [1.54, 1.807) is 0 Å². The Morgan fingerprint density at radius 2 is 1.75 bits per heavy atom. The average Bonchev–Trinajstić information content (AvgIpc) is 0.918. The quantitative estimate of drug-likeness (QED) is 0.426. The predicted octanol–water partition coefficient (Wildman–Crippen LogP) is 0.576. The molecule has 0 aromatic carbocycles. The van der Waals surface area contributed by atoms with Gasteiger partial charge in [0.25, 0.3) is 0 Å². The minimum Gasteiger partial charge on any atom is -0.412 e. The van der Waals surface area contributed by atoms with Crippen molar-refractivity contribution in [1.82, 2.24) is 0 Å². The maximum Gasteiger partial charge on any atom is 0.000281 e. The zero-order valence-electron chi connectivity index (χ0n) is 2.59. The van der Waals surface area contributed by atoms with Gasteiger partial charge in [0.15, 0.2) is 0 Å². The molecule has 4 heavy (non-hydrogen) atoms. The summed E-state index contributed by atoms with van der Waals surface area (Å²) in [5.41, 5.74) is 0. The molecule has 0 radical (unpaired) electrons. The van der Waals surface area contributed by atoms with E-state index in [2.05, 4.69) is 15.9 Å². The molecular weight excluding hydrogens is 120 g/mol. The first-order valence-corrected chi connectivity index (χ1v) is 2.10. The molecule has 0 unspecified atom stereocenters. The van der Waals surface area contributed by atoms with Crippen LogP contribution in [0.25, 0.3) is 0 Å². The van der Waals surface area contributed by atoms with Crippen molar-refractivity contribution in [3.8, 4) is 0 Å². The van der Waals surface area contributed by atoms with Crippen LogP contribution in [0.3, 0.4) is 0 Å². The molecule has 0 heterocycles. The number of rotatable bonds is 0. The maximum atomic E-state index is 3.15. The van der Waals surface area contributed by atoms with Gasteiger partial charge in [0.05, 0.1) is 0 Å². The Morgan fingerprint density at radius 1 is 1.75 bits per heavy atom. The van der Waals surface area contributed by atoms with Crippen LogP contribution in [0.1, 0.15) is 6.92 Å². The van der Waals surface area contributed by atoms with E-state index in [0.29, 0.717) is 0 Å². The van der Waals surface area contributed by atoms with E-state index in [9.17, 15) is 0 Å². The van der Waals surface area contributed by atoms with E-state index in [1.807, 2.05) is 6.92 Å². The normalized spacial score (nSPS) is 4.50. The smallest absolute Gasteiger partial charge is 0.000281 e. The zero-order valence-corrected chi connectivity index (χ0v) is 4.17. The molecule has 0 aliphatic heterocycles. The molecule has 0 spiro atoms. The van der Waals surface area contributed by atoms with Gasteiger partial charge in [-0.25, -0.2) is 0 Å². The van der Waals surface area contributed by atoms with Crippen molar-refractivity contribution in [1.29, 1.82) is 0 Å². The third-order valence-corrected chi connectivity index (χ3v) is 0. The monoisotopic (exact) mass is 126 g/mol. The van der Waals surface area contributed by atoms with E-state index < -0.39 is 0 Å². The van der Waals surface area contributed by atoms with Crippen molar-refractivity contribution in [3.05, 3.63) is 0 Å². The average molecular weight is 127 g/mol. The Hall–Kier alpha value is 0.440. The van der Waals surface area contributed by atoms with E-state index in [-0.39, 0.29) is 5.48 Å². The van der Waals surface area contributed by atoms with Gasteiger partial charge in [-0.3, -0.25) is 0 Å². The van der Waals surface area contributed by atoms with Gasteiger partial charge in [-0.1, -0.05) is 22.9 Å². The lowest BCUT2D eigenvalue weighted by atomic mass is 11.0. The summed E-state index contributed by atoms with van der Waals surface area (Å²) < 4.78 is 0. The van der Waals surface area contributed by atoms with E-state index in [1.165, 1.54) is 0 Å². The maximum absolute atomic E-state index is 3.15. The van der Waals surface area contributed by atoms with Crippen molar-refractivity contribution in [2.24, 2.45) is 0 Å². The highest BCUT2D eigenvalue weighted by atomic mass is 79.9. The van der Waals surface area contributed by atoms with E-state index in [4.69, 9.17) is 0 Å². The zero-order chi connectivity index (χ0) is 2.71. The largest absolute Gasteiger partial charge is 0.412 e. The molecule has 2 N–H and O–H groups in total. The molecule has 0 bridgehead atoms. The molecule has 0 fully saturated rings. The van der Waals surface area contributed by atoms with Gasteiger partial charge in [-0.15, -0.1) is 0 Å². The van der Waals surface area contributed by atoms with Gasteiger partial charge in [-0.2, -0.15) is 0 Å². The molecule has 1 nitrogen and oxygen atoms in total. The minimum atomic E-state index is 0. The van der Waals surface area contributed by atoms with Gasteiger partial charge < -0.3 is 5.48 Å². The van der Waals surface area contributed by atoms with Crippen molar-refractivity contribution < 1.29 is 5.48 Å². The highest BCUT2D eigenvalue weighted by Gasteiger charge is 1.38. The van der Waals surface area contributed by atoms with Gasteiger partial charge in [0.1, 0.15) is 0 Å². The van der Waals surface area contributed by atoms with Crippen molar-refractivity contribution in [2.45, 2.75) is 6.92 Å². The fraction of sp³-hybridized carbons (Fsp3) is 1.00. The molecule has 0 atom stereocenters. The van der Waals surface area contributed by atoms with Gasteiger partial charge in [-0.05, 0) is 0 Å². The summed E-state index contributed by atoms with van der Waals surface area (Å²) >= 11 is 3.15. The van der Waals surface area contributed by atoms with Crippen LogP contribution in [0.5, 0.6) is 0 Å². The van der Waals surface area contributed by atoms with Crippen LogP contribution < -0.4 is 0 Å². The lowest BCUT2D eigenvalue weighted by Crippen LogP contribution is -1.34. The second kappa shape index (κ2) is 9.88. The fourth-order valence-electron chi connectivity index (χ4n) is 0. The Morgan fingerprint density at radius 3 is 1.75 bits per heavy atom. The molecule has 0 aromatic heterocycles. The molecule has 0 rings (SSSR count). The molecule has 0 aromatic rings. The lowest BCUT2D eigenvalue weighted by Gasteiger charge is -1.45. The summed E-state index contributed by atoms with van der Waals surface area (Å²) in [6, 6.07) is 0. The van der Waals surface area contributed by atoms with Gasteiger partial charge in [0.2, 0.25) is 0 Å². The topological polar surface area (TPSA) is 31.5 Å². The summed E-state index contributed by atoms with van der Waals surface area (Å²) in [5.74, 6) is 0. The van der Waals surface area contributed by atoms with Crippen molar-refractivity contribution in [2.75, 3.05) is 5.33 Å². The summed E-state index contributed by atoms with van der Waals surface area (Å²) in [6.45, 7) is 2.04. The summed E-state index contributed by atoms with van der Waals surface area (Å²) in [5, 5.41) is 1.06. The van der Waals surface area contributed by atoms with E-state index in [0.717, 1.165) is 5.33 Å². The summed E-state index contributed by atoms with van der Waals surface area (Å²) in [7, 11) is 0. The van der Waals surface area contributed by atoms with Crippen LogP contribution in [-0.4, -0.2) is 10.8 Å². The Balaban J connectivity index is 0. The predicted molar refractivity (Wildman–Crippen MR) is 23.1 cm³/mol. The molecule has 0 saturated heterocycles. The Labute approximate surface area is 34.5 Å². The van der Waals surface area contributed by atoms with Crippen molar-refractivity contribution >= 4 is 15.9 Å². The van der Waals surface area contributed by atoms with Crippen LogP contribution in [0, 0.1) is 0 Å². The summed E-state index contributed by atoms with van der Waals surface area (Å²) in [4.78, 5) is 0. The third-order valence-electron chi connectivity index (χ3n) is 0. The van der Waals surface area contributed by atoms with Crippen LogP contribution >= 0.6 is 15.9 Å². The first-order chi connectivity index (χ1) is 1.41. The third kappa shape index (κ3) is 26.1. The standard InChI is InChI=1S/C2H5Br.H2O/c1-2-3;/h2H2,1H3;1H2. The second-order valence-corrected chi connectivity index (χ2v) is 1.39. The molecule has 0 aliphatic carbocycles. The lowest BCUT2D eigenvalue weighted by molar-refractivity contribution is 0.824. The van der Waals surface area contributed by atoms with E-state index >= 15 is 0 Å². The van der Waals surface area contributed by atoms with Crippen LogP contribution in [0.15, 0.2) is 0 Å². The van der Waals surface area contributed by atoms with Crippen molar-refractivity contribution in [3.63, 3.8) is 0 Å². The highest BCUT2D eigenvalue weighted by Crippen LogP contribution is 1.67. The second-order valence-electron chi connectivity index (χ2n) is 0.267. The molecule has 0 aliphatic rings. The molecule has 2 heteroatoms. The molecule has 28 valence electrons. The first kappa shape index (κ1) is 8.83. The highest BCUT2D eigenvalue weighted by molar-refractivity contribution is 9.09. The number of alkyl halides is 1. The molecule has 0 saturated carbocycles. The van der Waals surface area contributed by atoms with Gasteiger partial charge >= 0.3 is 0 Å². The van der Waals surface area contributed by atoms with Crippen LogP contribution in [0.4, 0.5) is 0 Å². The van der Waals surface area contributed by atoms with Gasteiger partial charge in [0, 0.05) is 5.33 Å². The molecule has 0 amide bonds. The Kier molecular flexibility index (Phi) is 21.8. The number of halogens is 1. The SMILES string of the molecule is CCBr.O. The van der Waals surface area contributed by atoms with Crippen LogP contribution in [-0.2, 0) is 0 Å². The number of hydrogen-bond donors (Lipinski definition) is 0. The fourth-order valence-corrected chi connectivity index (χ4v) is 0. The molecular formula is C2H7BrO. The first-order valence-electron chi connectivity index (χ1n) is 0.974. The minimum absolute atomic E-state index is 0. The van der Waals surface area contributed by atoms with Crippen LogP contribution in [0.2, 0.25) is 0 Å².